The molecule has 11 heteroatoms. The summed E-state index contributed by atoms with van der Waals surface area (Å²) in [5.41, 5.74) is -0.317. The van der Waals surface area contributed by atoms with Crippen molar-refractivity contribution in [3.05, 3.63) is 70.8 Å². The molecular formula is C21H23F3NO6P. The second-order valence-electron chi connectivity index (χ2n) is 6.74. The fourth-order valence-corrected chi connectivity index (χ4v) is 4.03. The van der Waals surface area contributed by atoms with Crippen molar-refractivity contribution in [1.82, 2.24) is 5.32 Å². The van der Waals surface area contributed by atoms with E-state index in [1.807, 2.05) is 0 Å². The van der Waals surface area contributed by atoms with Crippen LogP contribution in [0.4, 0.5) is 13.2 Å². The summed E-state index contributed by atoms with van der Waals surface area (Å²) >= 11 is 0. The van der Waals surface area contributed by atoms with Crippen LogP contribution in [0.5, 0.6) is 0 Å². The largest absolute Gasteiger partial charge is 0.467 e. The predicted octanol–water partition coefficient (Wildman–Crippen LogP) is 4.21. The number of benzene rings is 2. The third-order valence-corrected chi connectivity index (χ3v) is 6.55. The summed E-state index contributed by atoms with van der Waals surface area (Å²) < 4.78 is 66.4. The Balaban J connectivity index is 2.19. The van der Waals surface area contributed by atoms with E-state index in [0.717, 1.165) is 13.2 Å². The van der Waals surface area contributed by atoms with Crippen LogP contribution in [0.1, 0.15) is 27.0 Å². The van der Waals surface area contributed by atoms with E-state index >= 15 is 0 Å². The topological polar surface area (TPSA) is 90.9 Å². The minimum atomic E-state index is -4.61. The molecule has 1 atom stereocenters. The number of alkyl halides is 3. The van der Waals surface area contributed by atoms with Gasteiger partial charge in [0, 0.05) is 26.2 Å². The first-order chi connectivity index (χ1) is 15.0. The molecule has 0 radical (unpaired) electrons. The zero-order valence-electron chi connectivity index (χ0n) is 17.6. The van der Waals surface area contributed by atoms with Crippen LogP contribution < -0.4 is 5.32 Å². The molecule has 0 saturated carbocycles. The van der Waals surface area contributed by atoms with Crippen LogP contribution in [0.15, 0.2) is 48.5 Å². The van der Waals surface area contributed by atoms with Crippen molar-refractivity contribution in [3.63, 3.8) is 0 Å². The Labute approximate surface area is 183 Å². The number of ether oxygens (including phenoxy) is 1. The second-order valence-corrected chi connectivity index (χ2v) is 9.01. The van der Waals surface area contributed by atoms with Crippen molar-refractivity contribution in [2.75, 3.05) is 21.3 Å². The van der Waals surface area contributed by atoms with E-state index in [9.17, 15) is 27.3 Å². The lowest BCUT2D eigenvalue weighted by Gasteiger charge is -2.19. The molecule has 0 bridgehead atoms. The Hall–Kier alpha value is -2.68. The minimum Gasteiger partial charge on any atom is -0.467 e. The molecule has 32 heavy (non-hydrogen) atoms. The molecule has 174 valence electrons. The van der Waals surface area contributed by atoms with Gasteiger partial charge in [0.05, 0.1) is 18.8 Å². The molecule has 0 heterocycles. The SMILES string of the molecule is COC(=O)[C@H](Cc1ccccc1C(F)(F)F)NC(=O)c1ccc(CP(=O)(OC)OC)cc1. The summed E-state index contributed by atoms with van der Waals surface area (Å²) in [5.74, 6) is -1.56. The fourth-order valence-electron chi connectivity index (χ4n) is 2.96. The van der Waals surface area contributed by atoms with Crippen LogP contribution in [0.25, 0.3) is 0 Å². The lowest BCUT2D eigenvalue weighted by molar-refractivity contribution is -0.144. The van der Waals surface area contributed by atoms with Crippen LogP contribution in [0.3, 0.4) is 0 Å². The van der Waals surface area contributed by atoms with Crippen LogP contribution in [-0.2, 0) is 41.9 Å². The number of carbonyl (C=O) groups excluding carboxylic acids is 2. The average Bonchev–Trinajstić information content (AvgIpc) is 2.78. The van der Waals surface area contributed by atoms with Gasteiger partial charge in [-0.1, -0.05) is 30.3 Å². The van der Waals surface area contributed by atoms with Crippen molar-refractivity contribution in [2.45, 2.75) is 24.8 Å². The number of rotatable bonds is 9. The molecule has 0 unspecified atom stereocenters. The van der Waals surface area contributed by atoms with Crippen molar-refractivity contribution in [1.29, 1.82) is 0 Å². The summed E-state index contributed by atoms with van der Waals surface area (Å²) in [7, 11) is 0.306. The van der Waals surface area contributed by atoms with E-state index < -0.39 is 43.7 Å². The zero-order valence-corrected chi connectivity index (χ0v) is 18.5. The number of amides is 1. The van der Waals surface area contributed by atoms with Crippen LogP contribution in [0, 0.1) is 0 Å². The highest BCUT2D eigenvalue weighted by Crippen LogP contribution is 2.49. The molecule has 2 aromatic rings. The van der Waals surface area contributed by atoms with Gasteiger partial charge in [-0.15, -0.1) is 0 Å². The molecule has 0 aromatic heterocycles. The maximum Gasteiger partial charge on any atom is 0.416 e. The summed E-state index contributed by atoms with van der Waals surface area (Å²) in [5, 5.41) is 2.42. The van der Waals surface area contributed by atoms with E-state index in [2.05, 4.69) is 10.1 Å². The Morgan fingerprint density at radius 2 is 1.59 bits per heavy atom. The minimum absolute atomic E-state index is 0.0130. The van der Waals surface area contributed by atoms with Gasteiger partial charge < -0.3 is 19.1 Å². The Bertz CT molecular complexity index is 986. The number of hydrogen-bond donors (Lipinski definition) is 1. The van der Waals surface area contributed by atoms with E-state index in [4.69, 9.17) is 9.05 Å². The number of halogens is 3. The van der Waals surface area contributed by atoms with Gasteiger partial charge in [-0.2, -0.15) is 13.2 Å². The van der Waals surface area contributed by atoms with Crippen molar-refractivity contribution < 1.29 is 41.1 Å². The Kier molecular flexibility index (Phi) is 8.60. The molecule has 0 aliphatic heterocycles. The van der Waals surface area contributed by atoms with Crippen molar-refractivity contribution >= 4 is 19.5 Å². The first-order valence-corrected chi connectivity index (χ1v) is 11.1. The number of hydrogen-bond acceptors (Lipinski definition) is 6. The smallest absolute Gasteiger partial charge is 0.416 e. The first-order valence-electron chi connectivity index (χ1n) is 9.36. The van der Waals surface area contributed by atoms with Gasteiger partial charge >= 0.3 is 19.7 Å². The normalized spacial score (nSPS) is 12.8. The van der Waals surface area contributed by atoms with Crippen LogP contribution in [0.2, 0.25) is 0 Å². The maximum absolute atomic E-state index is 13.3. The van der Waals surface area contributed by atoms with E-state index in [1.165, 1.54) is 56.7 Å². The van der Waals surface area contributed by atoms with Gasteiger partial charge in [-0.05, 0) is 29.3 Å². The van der Waals surface area contributed by atoms with Gasteiger partial charge in [-0.25, -0.2) is 4.79 Å². The van der Waals surface area contributed by atoms with Crippen molar-refractivity contribution in [3.8, 4) is 0 Å². The third-order valence-electron chi connectivity index (χ3n) is 4.69. The molecule has 0 aliphatic rings. The first kappa shape index (κ1) is 25.6. The molecule has 0 aliphatic carbocycles. The number of methoxy groups -OCH3 is 1. The summed E-state index contributed by atoms with van der Waals surface area (Å²) in [6.45, 7) is 0. The molecule has 2 rings (SSSR count). The standard InChI is InChI=1S/C21H23F3NO6P/c1-29-20(27)18(12-16-6-4-5-7-17(16)21(22,23)24)25-19(26)15-10-8-14(9-11-15)13-32(28,30-2)31-3/h4-11,18H,12-13H2,1-3H3,(H,25,26)/t18-/m0/s1. The summed E-state index contributed by atoms with van der Waals surface area (Å²) in [4.78, 5) is 24.8. The third kappa shape index (κ3) is 6.66. The quantitative estimate of drug-likeness (QED) is 0.434. The molecule has 7 nitrogen and oxygen atoms in total. The van der Waals surface area contributed by atoms with Gasteiger partial charge in [0.2, 0.25) is 0 Å². The summed E-state index contributed by atoms with van der Waals surface area (Å²) in [6, 6.07) is 9.39. The van der Waals surface area contributed by atoms with E-state index in [1.54, 1.807) is 0 Å². The molecule has 2 aromatic carbocycles. The fraction of sp³-hybridized carbons (Fsp3) is 0.333. The number of nitrogens with one attached hydrogen (secondary N) is 1. The second kappa shape index (κ2) is 10.8. The van der Waals surface area contributed by atoms with Crippen LogP contribution in [-0.4, -0.2) is 39.2 Å². The summed E-state index contributed by atoms with van der Waals surface area (Å²) in [6.07, 6.45) is -5.03. The zero-order chi connectivity index (χ0) is 23.9. The average molecular weight is 473 g/mol. The van der Waals surface area contributed by atoms with E-state index in [0.29, 0.717) is 5.56 Å². The molecule has 0 saturated heterocycles. The van der Waals surface area contributed by atoms with E-state index in [-0.39, 0.29) is 17.3 Å². The molecule has 0 fully saturated rings. The number of esters is 1. The highest BCUT2D eigenvalue weighted by Gasteiger charge is 2.34. The molecule has 1 amide bonds. The monoisotopic (exact) mass is 473 g/mol. The molecule has 0 spiro atoms. The Morgan fingerprint density at radius 1 is 1.00 bits per heavy atom. The highest BCUT2D eigenvalue weighted by molar-refractivity contribution is 7.52. The van der Waals surface area contributed by atoms with Crippen molar-refractivity contribution in [2.24, 2.45) is 0 Å². The molecule has 1 N–H and O–H groups in total. The van der Waals surface area contributed by atoms with Gasteiger partial charge in [0.1, 0.15) is 6.04 Å². The van der Waals surface area contributed by atoms with Gasteiger partial charge in [-0.3, -0.25) is 9.36 Å². The lowest BCUT2D eigenvalue weighted by Crippen LogP contribution is -2.43. The predicted molar refractivity (Wildman–Crippen MR) is 110 cm³/mol. The van der Waals surface area contributed by atoms with Gasteiger partial charge in [0.15, 0.2) is 0 Å². The highest BCUT2D eigenvalue weighted by atomic mass is 31.2. The van der Waals surface area contributed by atoms with Crippen LogP contribution >= 0.6 is 7.60 Å². The number of carbonyl (C=O) groups is 2. The molecular weight excluding hydrogens is 450 g/mol. The lowest BCUT2D eigenvalue weighted by atomic mass is 9.99. The maximum atomic E-state index is 13.3. The Morgan fingerprint density at radius 3 is 2.12 bits per heavy atom. The van der Waals surface area contributed by atoms with Gasteiger partial charge in [0.25, 0.3) is 5.91 Å².